The monoisotopic (exact) mass is 549 g/mol. The van der Waals surface area contributed by atoms with E-state index in [0.717, 1.165) is 35.5 Å². The maximum atomic E-state index is 13.4. The van der Waals surface area contributed by atoms with Gasteiger partial charge in [0.05, 0.1) is 23.6 Å². The molecule has 0 aliphatic carbocycles. The zero-order valence-corrected chi connectivity index (χ0v) is 22.1. The molecule has 6 nitrogen and oxygen atoms in total. The maximum absolute atomic E-state index is 13.4. The third-order valence-corrected chi connectivity index (χ3v) is 8.21. The molecule has 2 heterocycles. The van der Waals surface area contributed by atoms with Crippen molar-refractivity contribution in [2.24, 2.45) is 17.6 Å². The Morgan fingerprint density at radius 2 is 2.05 bits per heavy atom. The maximum Gasteiger partial charge on any atom is 0.308 e. The molecule has 198 valence electrons. The first-order valence-corrected chi connectivity index (χ1v) is 13.5. The molecule has 0 saturated carbocycles. The Balaban J connectivity index is 1.36. The van der Waals surface area contributed by atoms with Gasteiger partial charge in [-0.05, 0) is 67.6 Å². The van der Waals surface area contributed by atoms with Gasteiger partial charge in [-0.15, -0.1) is 11.8 Å². The molecule has 1 aliphatic rings. The van der Waals surface area contributed by atoms with E-state index in [0.29, 0.717) is 47.4 Å². The van der Waals surface area contributed by atoms with Gasteiger partial charge in [0, 0.05) is 47.4 Å². The highest BCUT2D eigenvalue weighted by molar-refractivity contribution is 7.99. The second kappa shape index (κ2) is 12.4. The minimum atomic E-state index is -0.819. The zero-order valence-electron chi connectivity index (χ0n) is 20.5. The Morgan fingerprint density at radius 3 is 2.76 bits per heavy atom. The normalized spacial score (nSPS) is 19.2. The van der Waals surface area contributed by atoms with E-state index >= 15 is 0 Å². The third-order valence-electron chi connectivity index (χ3n) is 6.96. The molecule has 37 heavy (non-hydrogen) atoms. The van der Waals surface area contributed by atoms with Crippen molar-refractivity contribution in [2.45, 2.75) is 30.2 Å². The number of nitrogens with zero attached hydrogens (tertiary/aromatic N) is 2. The van der Waals surface area contributed by atoms with Crippen LogP contribution in [0.5, 0.6) is 5.75 Å². The number of likely N-dealkylation sites (tertiary alicyclic amines) is 1. The molecular weight excluding hydrogens is 520 g/mol. The van der Waals surface area contributed by atoms with E-state index in [1.807, 2.05) is 18.2 Å². The van der Waals surface area contributed by atoms with Crippen LogP contribution >= 0.6 is 23.4 Å². The number of aromatic nitrogens is 1. The molecule has 1 aromatic heterocycles. The zero-order chi connectivity index (χ0) is 26.5. The lowest BCUT2D eigenvalue weighted by Gasteiger charge is -2.37. The quantitative estimate of drug-likeness (QED) is 0.310. The standard InChI is InChI=1S/C27H30ClF2N3O3S/c1-36-19-3-5-25-21(13-19)26(23(28)14-32-25)24(31)4-2-16-6-7-33(15-22(16)27(34)35)8-9-37-20-11-17(29)10-18(30)12-20/h3,5,10-14,16,22,24H,2,4,6-9,15,31H2,1H3,(H,34,35)/t16-,22+,24-/m0/s1. The average Bonchev–Trinajstić information content (AvgIpc) is 2.86. The number of hydrogen-bond acceptors (Lipinski definition) is 6. The largest absolute Gasteiger partial charge is 0.497 e. The second-order valence-electron chi connectivity index (χ2n) is 9.33. The Bertz CT molecular complexity index is 1240. The molecule has 3 aromatic rings. The van der Waals surface area contributed by atoms with Crippen LogP contribution in [-0.4, -0.2) is 53.5 Å². The van der Waals surface area contributed by atoms with Gasteiger partial charge in [-0.25, -0.2) is 8.78 Å². The van der Waals surface area contributed by atoms with Crippen LogP contribution in [0.2, 0.25) is 5.02 Å². The minimum Gasteiger partial charge on any atom is -0.497 e. The molecule has 1 saturated heterocycles. The summed E-state index contributed by atoms with van der Waals surface area (Å²) in [4.78, 5) is 19.1. The van der Waals surface area contributed by atoms with Crippen molar-refractivity contribution in [3.8, 4) is 5.75 Å². The second-order valence-corrected chi connectivity index (χ2v) is 10.9. The fraction of sp³-hybridized carbons (Fsp3) is 0.407. The van der Waals surface area contributed by atoms with Crippen LogP contribution in [0.15, 0.2) is 47.5 Å². The summed E-state index contributed by atoms with van der Waals surface area (Å²) in [5.41, 5.74) is 8.16. The molecule has 4 rings (SSSR count). The van der Waals surface area contributed by atoms with Crippen LogP contribution in [0.1, 0.15) is 30.9 Å². The van der Waals surface area contributed by atoms with Crippen molar-refractivity contribution in [2.75, 3.05) is 32.5 Å². The van der Waals surface area contributed by atoms with Gasteiger partial charge in [0.1, 0.15) is 17.4 Å². The molecule has 0 spiro atoms. The Kier molecular flexibility index (Phi) is 9.23. The van der Waals surface area contributed by atoms with Crippen LogP contribution < -0.4 is 10.5 Å². The van der Waals surface area contributed by atoms with E-state index in [2.05, 4.69) is 9.88 Å². The van der Waals surface area contributed by atoms with E-state index < -0.39 is 23.5 Å². The minimum absolute atomic E-state index is 0.00817. The molecular formula is C27H30ClF2N3O3S. The molecule has 1 fully saturated rings. The summed E-state index contributed by atoms with van der Waals surface area (Å²) in [6.45, 7) is 1.83. The molecule has 2 aromatic carbocycles. The number of thioether (sulfide) groups is 1. The number of aliphatic carboxylic acids is 1. The average molecular weight is 550 g/mol. The molecule has 3 atom stereocenters. The number of nitrogens with two attached hydrogens (primary N) is 1. The number of benzene rings is 2. The predicted molar refractivity (Wildman–Crippen MR) is 142 cm³/mol. The van der Waals surface area contributed by atoms with Crippen LogP contribution in [-0.2, 0) is 4.79 Å². The number of methoxy groups -OCH3 is 1. The van der Waals surface area contributed by atoms with Crippen molar-refractivity contribution in [1.82, 2.24) is 9.88 Å². The SMILES string of the molecule is COc1ccc2ncc(Cl)c([C@@H](N)CC[C@H]3CCN(CCSc4cc(F)cc(F)c4)C[C@H]3C(=O)O)c2c1. The topological polar surface area (TPSA) is 88.7 Å². The summed E-state index contributed by atoms with van der Waals surface area (Å²) in [5.74, 6) is -1.25. The molecule has 10 heteroatoms. The van der Waals surface area contributed by atoms with Crippen molar-refractivity contribution < 1.29 is 23.4 Å². The molecule has 0 unspecified atom stereocenters. The smallest absolute Gasteiger partial charge is 0.308 e. The van der Waals surface area contributed by atoms with E-state index in [-0.39, 0.29) is 12.0 Å². The lowest BCUT2D eigenvalue weighted by atomic mass is 9.81. The van der Waals surface area contributed by atoms with E-state index in [1.165, 1.54) is 23.9 Å². The summed E-state index contributed by atoms with van der Waals surface area (Å²) < 4.78 is 32.2. The molecule has 1 aliphatic heterocycles. The van der Waals surface area contributed by atoms with Gasteiger partial charge in [-0.2, -0.15) is 0 Å². The first kappa shape index (κ1) is 27.6. The highest BCUT2D eigenvalue weighted by Gasteiger charge is 2.34. The van der Waals surface area contributed by atoms with Crippen LogP contribution in [0.25, 0.3) is 10.9 Å². The van der Waals surface area contributed by atoms with Gasteiger partial charge >= 0.3 is 5.97 Å². The fourth-order valence-corrected chi connectivity index (χ4v) is 6.28. The van der Waals surface area contributed by atoms with E-state index in [1.54, 1.807) is 13.3 Å². The van der Waals surface area contributed by atoms with Gasteiger partial charge in [0.15, 0.2) is 0 Å². The predicted octanol–water partition coefficient (Wildman–Crippen LogP) is 5.77. The first-order chi connectivity index (χ1) is 17.7. The van der Waals surface area contributed by atoms with Gasteiger partial charge in [0.2, 0.25) is 0 Å². The van der Waals surface area contributed by atoms with Gasteiger partial charge in [-0.3, -0.25) is 9.78 Å². The molecule has 0 radical (unpaired) electrons. The summed E-state index contributed by atoms with van der Waals surface area (Å²) in [7, 11) is 1.59. The van der Waals surface area contributed by atoms with Crippen LogP contribution in [0.3, 0.4) is 0 Å². The lowest BCUT2D eigenvalue weighted by molar-refractivity contribution is -0.146. The van der Waals surface area contributed by atoms with Crippen molar-refractivity contribution in [3.05, 3.63) is 64.8 Å². The third kappa shape index (κ3) is 6.90. The number of carboxylic acids is 1. The fourth-order valence-electron chi connectivity index (χ4n) is 5.01. The number of ether oxygens (including phenoxy) is 1. The number of pyridine rings is 1. The van der Waals surface area contributed by atoms with Crippen molar-refractivity contribution in [1.29, 1.82) is 0 Å². The van der Waals surface area contributed by atoms with E-state index in [9.17, 15) is 18.7 Å². The Morgan fingerprint density at radius 1 is 1.30 bits per heavy atom. The van der Waals surface area contributed by atoms with Gasteiger partial charge < -0.3 is 20.5 Å². The summed E-state index contributed by atoms with van der Waals surface area (Å²) in [6.07, 6.45) is 3.58. The number of carboxylic acid groups (broad SMARTS) is 1. The van der Waals surface area contributed by atoms with Crippen LogP contribution in [0, 0.1) is 23.5 Å². The number of halogens is 3. The number of piperidine rings is 1. The molecule has 0 bridgehead atoms. The summed E-state index contributed by atoms with van der Waals surface area (Å²) in [5, 5.41) is 11.2. The van der Waals surface area contributed by atoms with Gasteiger partial charge in [0.25, 0.3) is 0 Å². The molecule has 0 amide bonds. The Hall–Kier alpha value is -2.46. The van der Waals surface area contributed by atoms with Crippen molar-refractivity contribution in [3.63, 3.8) is 0 Å². The molecule has 3 N–H and O–H groups in total. The number of fused-ring (bicyclic) bond motifs is 1. The number of rotatable bonds is 10. The summed E-state index contributed by atoms with van der Waals surface area (Å²) in [6, 6.07) is 8.65. The number of carbonyl (C=O) groups is 1. The highest BCUT2D eigenvalue weighted by atomic mass is 35.5. The highest BCUT2D eigenvalue weighted by Crippen LogP contribution is 2.36. The van der Waals surface area contributed by atoms with Crippen molar-refractivity contribution >= 4 is 40.2 Å². The Labute approximate surface area is 224 Å². The van der Waals surface area contributed by atoms with E-state index in [4.69, 9.17) is 22.1 Å². The van der Waals surface area contributed by atoms with Crippen LogP contribution in [0.4, 0.5) is 8.78 Å². The van der Waals surface area contributed by atoms with Gasteiger partial charge in [-0.1, -0.05) is 11.6 Å². The first-order valence-electron chi connectivity index (χ1n) is 12.2. The number of hydrogen-bond donors (Lipinski definition) is 2. The summed E-state index contributed by atoms with van der Waals surface area (Å²) >= 11 is 7.85. The lowest BCUT2D eigenvalue weighted by Crippen LogP contribution is -2.44.